The standard InChI is InChI=1S/C34H35Cl2N3O4S/c1-4-37-34(41)32(21-26-10-6-5-7-11-26)38(22-27-12-8-9-13-31(27)36)33(40)23-39(29-17-14-24(2)25(3)20-29)44(42,43)30-18-15-28(35)16-19-30/h5-20,32H,4,21-23H2,1-3H3,(H,37,41)/t32-/m0/s1. The maximum Gasteiger partial charge on any atom is 0.264 e. The summed E-state index contributed by atoms with van der Waals surface area (Å²) in [5.41, 5.74) is 3.64. The van der Waals surface area contributed by atoms with Gasteiger partial charge in [-0.2, -0.15) is 0 Å². The smallest absolute Gasteiger partial charge is 0.264 e. The minimum absolute atomic E-state index is 0.00506. The summed E-state index contributed by atoms with van der Waals surface area (Å²) >= 11 is 12.6. The average Bonchev–Trinajstić information content (AvgIpc) is 3.00. The van der Waals surface area contributed by atoms with Crippen molar-refractivity contribution in [3.8, 4) is 0 Å². The Kier molecular flexibility index (Phi) is 11.1. The topological polar surface area (TPSA) is 86.8 Å². The van der Waals surface area contributed by atoms with Crippen molar-refractivity contribution < 1.29 is 18.0 Å². The van der Waals surface area contributed by atoms with E-state index in [-0.39, 0.29) is 23.8 Å². The summed E-state index contributed by atoms with van der Waals surface area (Å²) in [6, 6.07) is 26.5. The Hall–Kier alpha value is -3.85. The van der Waals surface area contributed by atoms with Crippen LogP contribution in [-0.4, -0.2) is 44.3 Å². The van der Waals surface area contributed by atoms with Crippen LogP contribution < -0.4 is 9.62 Å². The predicted molar refractivity (Wildman–Crippen MR) is 177 cm³/mol. The molecule has 0 aliphatic rings. The Morgan fingerprint density at radius 2 is 1.50 bits per heavy atom. The number of hydrogen-bond acceptors (Lipinski definition) is 4. The number of sulfonamides is 1. The first-order valence-electron chi connectivity index (χ1n) is 14.2. The van der Waals surface area contributed by atoms with Gasteiger partial charge in [0.25, 0.3) is 10.0 Å². The lowest BCUT2D eigenvalue weighted by Gasteiger charge is -2.34. The molecule has 2 amide bonds. The summed E-state index contributed by atoms with van der Waals surface area (Å²) in [4.78, 5) is 29.4. The van der Waals surface area contributed by atoms with Crippen molar-refractivity contribution in [2.24, 2.45) is 0 Å². The van der Waals surface area contributed by atoms with Gasteiger partial charge in [0.05, 0.1) is 10.6 Å². The van der Waals surface area contributed by atoms with Gasteiger partial charge in [-0.15, -0.1) is 0 Å². The number of benzene rings is 4. The number of halogens is 2. The van der Waals surface area contributed by atoms with Crippen molar-refractivity contribution in [1.29, 1.82) is 0 Å². The zero-order valence-electron chi connectivity index (χ0n) is 24.8. The molecule has 44 heavy (non-hydrogen) atoms. The fourth-order valence-electron chi connectivity index (χ4n) is 4.80. The van der Waals surface area contributed by atoms with E-state index < -0.39 is 28.5 Å². The van der Waals surface area contributed by atoms with Gasteiger partial charge in [0.15, 0.2) is 0 Å². The van der Waals surface area contributed by atoms with Crippen LogP contribution in [-0.2, 0) is 32.6 Å². The van der Waals surface area contributed by atoms with Crippen molar-refractivity contribution in [3.05, 3.63) is 129 Å². The highest BCUT2D eigenvalue weighted by molar-refractivity contribution is 7.92. The lowest BCUT2D eigenvalue weighted by atomic mass is 10.0. The fourth-order valence-corrected chi connectivity index (χ4v) is 6.53. The van der Waals surface area contributed by atoms with Crippen LogP contribution in [0.1, 0.15) is 29.2 Å². The third-order valence-corrected chi connectivity index (χ3v) is 9.79. The number of carbonyl (C=O) groups excluding carboxylic acids is 2. The number of nitrogens with zero attached hydrogens (tertiary/aromatic N) is 2. The number of anilines is 1. The lowest BCUT2D eigenvalue weighted by Crippen LogP contribution is -2.53. The van der Waals surface area contributed by atoms with Crippen molar-refractivity contribution in [3.63, 3.8) is 0 Å². The van der Waals surface area contributed by atoms with E-state index >= 15 is 0 Å². The van der Waals surface area contributed by atoms with Crippen LogP contribution in [0.15, 0.2) is 102 Å². The monoisotopic (exact) mass is 651 g/mol. The van der Waals surface area contributed by atoms with E-state index in [1.807, 2.05) is 50.2 Å². The highest BCUT2D eigenvalue weighted by Gasteiger charge is 2.34. The summed E-state index contributed by atoms with van der Waals surface area (Å²) in [6.07, 6.45) is 0.219. The van der Waals surface area contributed by atoms with Crippen LogP contribution in [0, 0.1) is 13.8 Å². The third-order valence-electron chi connectivity index (χ3n) is 7.38. The maximum absolute atomic E-state index is 14.4. The van der Waals surface area contributed by atoms with E-state index in [2.05, 4.69) is 5.32 Å². The SMILES string of the molecule is CCNC(=O)[C@H](Cc1ccccc1)N(Cc1ccccc1Cl)C(=O)CN(c1ccc(C)c(C)c1)S(=O)(=O)c1ccc(Cl)cc1. The minimum atomic E-state index is -4.22. The van der Waals surface area contributed by atoms with Gasteiger partial charge in [0.2, 0.25) is 11.8 Å². The molecule has 0 heterocycles. The van der Waals surface area contributed by atoms with Crippen LogP contribution in [0.25, 0.3) is 0 Å². The summed E-state index contributed by atoms with van der Waals surface area (Å²) in [5.74, 6) is -0.914. The zero-order chi connectivity index (χ0) is 31.9. The van der Waals surface area contributed by atoms with E-state index in [1.165, 1.54) is 29.2 Å². The quantitative estimate of drug-likeness (QED) is 0.187. The maximum atomic E-state index is 14.4. The minimum Gasteiger partial charge on any atom is -0.355 e. The normalized spacial score (nSPS) is 11.9. The highest BCUT2D eigenvalue weighted by Crippen LogP contribution is 2.28. The molecular weight excluding hydrogens is 617 g/mol. The number of aryl methyl sites for hydroxylation is 2. The van der Waals surface area contributed by atoms with E-state index in [4.69, 9.17) is 23.2 Å². The van der Waals surface area contributed by atoms with Gasteiger partial charge in [-0.1, -0.05) is 77.8 Å². The first-order chi connectivity index (χ1) is 21.0. The Balaban J connectivity index is 1.82. The molecule has 10 heteroatoms. The van der Waals surface area contributed by atoms with Gasteiger partial charge < -0.3 is 10.2 Å². The Bertz CT molecular complexity index is 1710. The van der Waals surface area contributed by atoms with Gasteiger partial charge in [-0.05, 0) is 85.5 Å². The molecule has 4 aromatic rings. The van der Waals surface area contributed by atoms with Crippen molar-refractivity contribution >= 4 is 50.7 Å². The molecule has 0 spiro atoms. The first kappa shape index (κ1) is 33.1. The summed E-state index contributed by atoms with van der Waals surface area (Å²) in [6.45, 7) is 5.41. The van der Waals surface area contributed by atoms with Gasteiger partial charge in [-0.3, -0.25) is 13.9 Å². The second-order valence-electron chi connectivity index (χ2n) is 10.4. The van der Waals surface area contributed by atoms with Gasteiger partial charge in [0, 0.05) is 29.6 Å². The van der Waals surface area contributed by atoms with Crippen LogP contribution >= 0.6 is 23.2 Å². The summed E-state index contributed by atoms with van der Waals surface area (Å²) < 4.78 is 29.3. The number of hydrogen-bond donors (Lipinski definition) is 1. The van der Waals surface area contributed by atoms with E-state index in [0.717, 1.165) is 21.0 Å². The molecular formula is C34H35Cl2N3O4S. The lowest BCUT2D eigenvalue weighted by molar-refractivity contribution is -0.140. The van der Waals surface area contributed by atoms with Gasteiger partial charge in [0.1, 0.15) is 12.6 Å². The van der Waals surface area contributed by atoms with Crippen molar-refractivity contribution in [1.82, 2.24) is 10.2 Å². The molecule has 0 radical (unpaired) electrons. The van der Waals surface area contributed by atoms with Crippen molar-refractivity contribution in [2.45, 2.75) is 44.7 Å². The molecule has 1 N–H and O–H groups in total. The summed E-state index contributed by atoms with van der Waals surface area (Å²) in [5, 5.41) is 3.67. The Morgan fingerprint density at radius 1 is 0.841 bits per heavy atom. The number of nitrogens with one attached hydrogen (secondary N) is 1. The zero-order valence-corrected chi connectivity index (χ0v) is 27.2. The Morgan fingerprint density at radius 3 is 2.14 bits per heavy atom. The predicted octanol–water partition coefficient (Wildman–Crippen LogP) is 6.58. The number of likely N-dealkylation sites (N-methyl/N-ethyl adjacent to an activating group) is 1. The van der Waals surface area contributed by atoms with Gasteiger partial charge in [-0.25, -0.2) is 8.42 Å². The molecule has 0 aromatic heterocycles. The molecule has 230 valence electrons. The van der Waals surface area contributed by atoms with Crippen molar-refractivity contribution in [2.75, 3.05) is 17.4 Å². The molecule has 0 saturated heterocycles. The van der Waals surface area contributed by atoms with Crippen LogP contribution in [0.2, 0.25) is 10.0 Å². The molecule has 0 fully saturated rings. The molecule has 0 unspecified atom stereocenters. The van der Waals surface area contributed by atoms with Crippen LogP contribution in [0.5, 0.6) is 0 Å². The second-order valence-corrected chi connectivity index (χ2v) is 13.2. The van der Waals surface area contributed by atoms with E-state index in [0.29, 0.717) is 27.8 Å². The van der Waals surface area contributed by atoms with Crippen LogP contribution in [0.3, 0.4) is 0 Å². The number of carbonyl (C=O) groups is 2. The first-order valence-corrected chi connectivity index (χ1v) is 16.4. The molecule has 7 nitrogen and oxygen atoms in total. The van der Waals surface area contributed by atoms with Gasteiger partial charge >= 0.3 is 0 Å². The molecule has 0 bridgehead atoms. The molecule has 0 aliphatic heterocycles. The van der Waals surface area contributed by atoms with E-state index in [1.54, 1.807) is 43.3 Å². The van der Waals surface area contributed by atoms with E-state index in [9.17, 15) is 18.0 Å². The number of amides is 2. The fraction of sp³-hybridized carbons (Fsp3) is 0.235. The highest BCUT2D eigenvalue weighted by atomic mass is 35.5. The summed E-state index contributed by atoms with van der Waals surface area (Å²) in [7, 11) is -4.22. The average molecular weight is 653 g/mol. The molecule has 0 saturated carbocycles. The molecule has 4 aromatic carbocycles. The molecule has 1 atom stereocenters. The molecule has 4 rings (SSSR count). The number of rotatable bonds is 12. The second kappa shape index (κ2) is 14.8. The van der Waals surface area contributed by atoms with Crippen LogP contribution in [0.4, 0.5) is 5.69 Å². The molecule has 0 aliphatic carbocycles. The Labute approximate surface area is 269 Å². The largest absolute Gasteiger partial charge is 0.355 e. The third kappa shape index (κ3) is 8.00.